The maximum atomic E-state index is 5.81. The first-order valence-electron chi connectivity index (χ1n) is 4.80. The molecule has 2 atom stereocenters. The lowest BCUT2D eigenvalue weighted by atomic mass is 10.00. The molecule has 0 aliphatic carbocycles. The quantitative estimate of drug-likeness (QED) is 0.516. The average Bonchev–Trinajstić information content (AvgIpc) is 2.05. The molecule has 0 radical (unpaired) electrons. The topological polar surface area (TPSA) is 18.5 Å². The monoisotopic (exact) mass is 168 g/mol. The second-order valence-corrected chi connectivity index (χ2v) is 3.67. The summed E-state index contributed by atoms with van der Waals surface area (Å²) in [4.78, 5) is 0. The maximum absolute atomic E-state index is 5.81. The second-order valence-electron chi connectivity index (χ2n) is 3.67. The molecular formula is C10H16O2. The van der Waals surface area contributed by atoms with Gasteiger partial charge in [0.1, 0.15) is 0 Å². The highest BCUT2D eigenvalue weighted by atomic mass is 16.7. The van der Waals surface area contributed by atoms with E-state index < -0.39 is 0 Å². The fourth-order valence-electron chi connectivity index (χ4n) is 1.93. The van der Waals surface area contributed by atoms with Crippen molar-refractivity contribution in [2.24, 2.45) is 0 Å². The fourth-order valence-corrected chi connectivity index (χ4v) is 1.93. The number of rotatable bonds is 0. The molecular weight excluding hydrogens is 152 g/mol. The maximum Gasteiger partial charge on any atom is 0.188 e. The molecule has 2 heterocycles. The van der Waals surface area contributed by atoms with Crippen LogP contribution in [0.15, 0.2) is 12.2 Å². The van der Waals surface area contributed by atoms with Crippen molar-refractivity contribution < 1.29 is 9.47 Å². The third kappa shape index (κ3) is 1.54. The van der Waals surface area contributed by atoms with Crippen LogP contribution in [0.25, 0.3) is 0 Å². The van der Waals surface area contributed by atoms with E-state index in [1.165, 1.54) is 12.8 Å². The highest BCUT2D eigenvalue weighted by Crippen LogP contribution is 2.33. The van der Waals surface area contributed by atoms with Crippen LogP contribution < -0.4 is 0 Å². The zero-order valence-electron chi connectivity index (χ0n) is 7.58. The molecule has 0 aromatic carbocycles. The van der Waals surface area contributed by atoms with E-state index in [1.807, 2.05) is 0 Å². The van der Waals surface area contributed by atoms with Gasteiger partial charge in [-0.05, 0) is 32.3 Å². The van der Waals surface area contributed by atoms with E-state index in [-0.39, 0.29) is 5.79 Å². The first kappa shape index (κ1) is 8.27. The Labute approximate surface area is 73.5 Å². The zero-order valence-corrected chi connectivity index (χ0v) is 7.58. The Morgan fingerprint density at radius 3 is 3.08 bits per heavy atom. The van der Waals surface area contributed by atoms with Crippen LogP contribution in [0.1, 0.15) is 32.6 Å². The molecule has 1 fully saturated rings. The van der Waals surface area contributed by atoms with Crippen molar-refractivity contribution in [2.45, 2.75) is 44.5 Å². The van der Waals surface area contributed by atoms with Crippen molar-refractivity contribution in [3.05, 3.63) is 12.2 Å². The van der Waals surface area contributed by atoms with Crippen molar-refractivity contribution >= 4 is 0 Å². The molecule has 2 aliphatic heterocycles. The van der Waals surface area contributed by atoms with Gasteiger partial charge >= 0.3 is 0 Å². The van der Waals surface area contributed by atoms with E-state index in [0.717, 1.165) is 19.4 Å². The van der Waals surface area contributed by atoms with Gasteiger partial charge in [-0.15, -0.1) is 0 Å². The standard InChI is InChI=1S/C10H16O2/c1-9-5-4-7-10(12-9)6-2-3-8-11-10/h2,6,9H,3-5,7-8H2,1H3/t9-,10-/m1/s1. The summed E-state index contributed by atoms with van der Waals surface area (Å²) in [5.41, 5.74) is 0. The van der Waals surface area contributed by atoms with Gasteiger partial charge < -0.3 is 9.47 Å². The minimum absolute atomic E-state index is 0.349. The van der Waals surface area contributed by atoms with Gasteiger partial charge in [0.25, 0.3) is 0 Å². The summed E-state index contributed by atoms with van der Waals surface area (Å²) in [5, 5.41) is 0. The van der Waals surface area contributed by atoms with Gasteiger partial charge in [-0.2, -0.15) is 0 Å². The van der Waals surface area contributed by atoms with Gasteiger partial charge in [-0.3, -0.25) is 0 Å². The van der Waals surface area contributed by atoms with E-state index in [1.54, 1.807) is 0 Å². The van der Waals surface area contributed by atoms with Crippen LogP contribution in [-0.2, 0) is 9.47 Å². The molecule has 2 nitrogen and oxygen atoms in total. The Hall–Kier alpha value is -0.340. The summed E-state index contributed by atoms with van der Waals surface area (Å²) >= 11 is 0. The lowest BCUT2D eigenvalue weighted by Gasteiger charge is -2.39. The summed E-state index contributed by atoms with van der Waals surface area (Å²) in [6.45, 7) is 2.93. The third-order valence-electron chi connectivity index (χ3n) is 2.54. The Balaban J connectivity index is 2.07. The summed E-state index contributed by atoms with van der Waals surface area (Å²) in [7, 11) is 0. The van der Waals surface area contributed by atoms with Crippen molar-refractivity contribution in [2.75, 3.05) is 6.61 Å². The van der Waals surface area contributed by atoms with Gasteiger partial charge in [0.05, 0.1) is 12.7 Å². The van der Waals surface area contributed by atoms with Crippen molar-refractivity contribution in [1.82, 2.24) is 0 Å². The van der Waals surface area contributed by atoms with E-state index in [2.05, 4.69) is 19.1 Å². The van der Waals surface area contributed by atoms with E-state index in [9.17, 15) is 0 Å². The summed E-state index contributed by atoms with van der Waals surface area (Å²) in [6.07, 6.45) is 9.03. The number of hydrogen-bond acceptors (Lipinski definition) is 2. The van der Waals surface area contributed by atoms with Crippen LogP contribution in [0.3, 0.4) is 0 Å². The first-order valence-corrected chi connectivity index (χ1v) is 4.80. The summed E-state index contributed by atoms with van der Waals surface area (Å²) < 4.78 is 11.5. The minimum atomic E-state index is -0.351. The Morgan fingerprint density at radius 2 is 2.42 bits per heavy atom. The summed E-state index contributed by atoms with van der Waals surface area (Å²) in [5.74, 6) is -0.351. The molecule has 0 amide bonds. The smallest absolute Gasteiger partial charge is 0.188 e. The molecule has 2 rings (SSSR count). The summed E-state index contributed by atoms with van der Waals surface area (Å²) in [6, 6.07) is 0. The van der Waals surface area contributed by atoms with Crippen molar-refractivity contribution in [1.29, 1.82) is 0 Å². The molecule has 0 saturated carbocycles. The van der Waals surface area contributed by atoms with Gasteiger partial charge in [0, 0.05) is 6.42 Å². The van der Waals surface area contributed by atoms with E-state index in [4.69, 9.17) is 9.47 Å². The molecule has 1 saturated heterocycles. The third-order valence-corrected chi connectivity index (χ3v) is 2.54. The Morgan fingerprint density at radius 1 is 1.50 bits per heavy atom. The lowest BCUT2D eigenvalue weighted by Crippen LogP contribution is -2.42. The van der Waals surface area contributed by atoms with Crippen LogP contribution in [-0.4, -0.2) is 18.5 Å². The van der Waals surface area contributed by atoms with Gasteiger partial charge in [-0.1, -0.05) is 6.08 Å². The molecule has 68 valence electrons. The Bertz CT molecular complexity index is 188. The Kier molecular flexibility index (Phi) is 2.20. The largest absolute Gasteiger partial charge is 0.346 e. The minimum Gasteiger partial charge on any atom is -0.346 e. The molecule has 2 aliphatic rings. The van der Waals surface area contributed by atoms with Crippen LogP contribution in [0, 0.1) is 0 Å². The molecule has 2 heteroatoms. The molecule has 0 unspecified atom stereocenters. The SMILES string of the molecule is C[C@@H]1CCC[C@@]2(C=CCCO2)O1. The van der Waals surface area contributed by atoms with Crippen LogP contribution in [0.5, 0.6) is 0 Å². The van der Waals surface area contributed by atoms with Crippen molar-refractivity contribution in [3.63, 3.8) is 0 Å². The van der Waals surface area contributed by atoms with E-state index in [0.29, 0.717) is 6.10 Å². The number of hydrogen-bond donors (Lipinski definition) is 0. The molecule has 12 heavy (non-hydrogen) atoms. The molecule has 0 N–H and O–H groups in total. The zero-order chi connectivity index (χ0) is 8.44. The van der Waals surface area contributed by atoms with Gasteiger partial charge in [-0.25, -0.2) is 0 Å². The molecule has 0 aromatic rings. The van der Waals surface area contributed by atoms with Gasteiger partial charge in [0.2, 0.25) is 0 Å². The lowest BCUT2D eigenvalue weighted by molar-refractivity contribution is -0.249. The van der Waals surface area contributed by atoms with Crippen molar-refractivity contribution in [3.8, 4) is 0 Å². The molecule has 0 bridgehead atoms. The normalized spacial score (nSPS) is 41.9. The molecule has 1 spiro atoms. The van der Waals surface area contributed by atoms with E-state index >= 15 is 0 Å². The predicted octanol–water partition coefficient (Wildman–Crippen LogP) is 2.25. The van der Waals surface area contributed by atoms with Crippen LogP contribution in [0.4, 0.5) is 0 Å². The average molecular weight is 168 g/mol. The van der Waals surface area contributed by atoms with Gasteiger partial charge in [0.15, 0.2) is 5.79 Å². The number of ether oxygens (including phenoxy) is 2. The predicted molar refractivity (Wildman–Crippen MR) is 46.8 cm³/mol. The first-order chi connectivity index (χ1) is 5.81. The highest BCUT2D eigenvalue weighted by Gasteiger charge is 2.35. The second kappa shape index (κ2) is 3.19. The van der Waals surface area contributed by atoms with Crippen LogP contribution >= 0.6 is 0 Å². The molecule has 0 aromatic heterocycles. The fraction of sp³-hybridized carbons (Fsp3) is 0.800. The van der Waals surface area contributed by atoms with Crippen LogP contribution in [0.2, 0.25) is 0 Å². The highest BCUT2D eigenvalue weighted by molar-refractivity contribution is 5.01.